The number of benzene rings is 1. The van der Waals surface area contributed by atoms with Crippen LogP contribution in [0.5, 0.6) is 0 Å². The summed E-state index contributed by atoms with van der Waals surface area (Å²) in [5.41, 5.74) is 2.03. The van der Waals surface area contributed by atoms with E-state index in [1.165, 1.54) is 4.90 Å². The molecule has 0 aliphatic rings. The van der Waals surface area contributed by atoms with Gasteiger partial charge >= 0.3 is 0 Å². The van der Waals surface area contributed by atoms with Crippen molar-refractivity contribution >= 4 is 11.8 Å². The maximum absolute atomic E-state index is 9.41. The molecule has 0 saturated heterocycles. The lowest BCUT2D eigenvalue weighted by atomic mass is 10.1. The molecule has 0 aliphatic carbocycles. The van der Waals surface area contributed by atoms with E-state index in [4.69, 9.17) is 0 Å². The molecule has 2 nitrogen and oxygen atoms in total. The van der Waals surface area contributed by atoms with Gasteiger partial charge in [-0.15, -0.1) is 11.8 Å². The quantitative estimate of drug-likeness (QED) is 0.838. The van der Waals surface area contributed by atoms with Gasteiger partial charge in [-0.05, 0) is 36.8 Å². The Labute approximate surface area is 106 Å². The lowest BCUT2D eigenvalue weighted by molar-refractivity contribution is 0.199. The van der Waals surface area contributed by atoms with E-state index in [9.17, 15) is 5.11 Å². The van der Waals surface area contributed by atoms with Crippen LogP contribution in [0.1, 0.15) is 24.3 Å². The lowest BCUT2D eigenvalue weighted by Crippen LogP contribution is -1.90. The number of hydrogen-bond acceptors (Lipinski definition) is 3. The fourth-order valence-electron chi connectivity index (χ4n) is 1.48. The minimum atomic E-state index is -0.398. The number of thioether (sulfide) groups is 1. The van der Waals surface area contributed by atoms with Crippen molar-refractivity contribution in [1.29, 1.82) is 0 Å². The number of pyridine rings is 1. The van der Waals surface area contributed by atoms with Crippen LogP contribution in [0.4, 0.5) is 0 Å². The predicted octanol–water partition coefficient (Wildman–Crippen LogP) is 3.43. The summed E-state index contributed by atoms with van der Waals surface area (Å²) in [4.78, 5) is 5.47. The molecule has 0 fully saturated rings. The van der Waals surface area contributed by atoms with Gasteiger partial charge in [-0.3, -0.25) is 4.98 Å². The molecule has 0 aliphatic heterocycles. The van der Waals surface area contributed by atoms with E-state index in [1.54, 1.807) is 18.7 Å². The van der Waals surface area contributed by atoms with E-state index in [2.05, 4.69) is 4.98 Å². The third kappa shape index (κ3) is 3.58. The molecule has 0 amide bonds. The summed E-state index contributed by atoms with van der Waals surface area (Å²) in [5, 5.41) is 9.41. The molecule has 0 saturated carbocycles. The van der Waals surface area contributed by atoms with Crippen LogP contribution in [0, 0.1) is 0 Å². The zero-order valence-corrected chi connectivity index (χ0v) is 10.5. The number of rotatable bonds is 4. The number of nitrogens with zero attached hydrogens (tertiary/aromatic N) is 1. The fourth-order valence-corrected chi connectivity index (χ4v) is 2.30. The molecular weight excluding hydrogens is 230 g/mol. The Morgan fingerprint density at radius 2 is 1.94 bits per heavy atom. The zero-order chi connectivity index (χ0) is 12.1. The average molecular weight is 245 g/mol. The van der Waals surface area contributed by atoms with Crippen LogP contribution in [0.15, 0.2) is 53.6 Å². The lowest BCUT2D eigenvalue weighted by Gasteiger charge is -2.06. The van der Waals surface area contributed by atoms with Crippen LogP contribution in [-0.4, -0.2) is 10.1 Å². The molecule has 1 N–H and O–H groups in total. The second-order valence-corrected chi connectivity index (χ2v) is 4.90. The first-order valence-electron chi connectivity index (χ1n) is 5.56. The Morgan fingerprint density at radius 3 is 2.53 bits per heavy atom. The molecule has 2 aromatic rings. The van der Waals surface area contributed by atoms with Crippen LogP contribution >= 0.6 is 11.8 Å². The molecule has 0 radical (unpaired) electrons. The molecule has 2 rings (SSSR count). The highest BCUT2D eigenvalue weighted by Crippen LogP contribution is 2.23. The standard InChI is InChI=1S/C14H15NOS/c1-11(16)12-5-7-14(8-6-12)17-10-13-4-2-3-9-15-13/h2-9,11,16H,10H2,1H3. The minimum Gasteiger partial charge on any atom is -0.389 e. The zero-order valence-electron chi connectivity index (χ0n) is 9.71. The maximum Gasteiger partial charge on any atom is 0.0761 e. The van der Waals surface area contributed by atoms with E-state index < -0.39 is 6.10 Å². The highest BCUT2D eigenvalue weighted by molar-refractivity contribution is 7.98. The molecule has 88 valence electrons. The first-order valence-corrected chi connectivity index (χ1v) is 6.55. The Balaban J connectivity index is 1.96. The molecule has 0 bridgehead atoms. The Bertz CT molecular complexity index is 453. The van der Waals surface area contributed by atoms with Gasteiger partial charge in [-0.2, -0.15) is 0 Å². The third-order valence-corrected chi connectivity index (χ3v) is 3.52. The van der Waals surface area contributed by atoms with Gasteiger partial charge in [0.25, 0.3) is 0 Å². The molecule has 1 aromatic carbocycles. The van der Waals surface area contributed by atoms with Gasteiger partial charge < -0.3 is 5.11 Å². The van der Waals surface area contributed by atoms with E-state index in [-0.39, 0.29) is 0 Å². The van der Waals surface area contributed by atoms with Gasteiger partial charge in [0.05, 0.1) is 11.8 Å². The highest BCUT2D eigenvalue weighted by atomic mass is 32.2. The molecular formula is C14H15NOS. The Kier molecular flexibility index (Phi) is 4.18. The van der Waals surface area contributed by atoms with Crippen LogP contribution in [-0.2, 0) is 5.75 Å². The number of aliphatic hydroxyl groups is 1. The summed E-state index contributed by atoms with van der Waals surface area (Å²) < 4.78 is 0. The second kappa shape index (κ2) is 5.84. The topological polar surface area (TPSA) is 33.1 Å². The first kappa shape index (κ1) is 12.1. The molecule has 0 spiro atoms. The molecule has 1 unspecified atom stereocenters. The van der Waals surface area contributed by atoms with Crippen molar-refractivity contribution in [3.8, 4) is 0 Å². The molecule has 1 heterocycles. The smallest absolute Gasteiger partial charge is 0.0761 e. The largest absolute Gasteiger partial charge is 0.389 e. The predicted molar refractivity (Wildman–Crippen MR) is 70.9 cm³/mol. The summed E-state index contributed by atoms with van der Waals surface area (Å²) >= 11 is 1.75. The van der Waals surface area contributed by atoms with Gasteiger partial charge in [-0.25, -0.2) is 0 Å². The third-order valence-electron chi connectivity index (χ3n) is 2.48. The van der Waals surface area contributed by atoms with Gasteiger partial charge in [-0.1, -0.05) is 18.2 Å². The highest BCUT2D eigenvalue weighted by Gasteiger charge is 2.01. The van der Waals surface area contributed by atoms with Crippen molar-refractivity contribution in [1.82, 2.24) is 4.98 Å². The summed E-state index contributed by atoms with van der Waals surface area (Å²) in [6, 6.07) is 13.9. The summed E-state index contributed by atoms with van der Waals surface area (Å²) in [7, 11) is 0. The van der Waals surface area contributed by atoms with E-state index >= 15 is 0 Å². The molecule has 1 atom stereocenters. The van der Waals surface area contributed by atoms with E-state index in [0.717, 1.165) is 17.0 Å². The van der Waals surface area contributed by atoms with Crippen molar-refractivity contribution in [2.45, 2.75) is 23.7 Å². The van der Waals surface area contributed by atoms with Crippen molar-refractivity contribution in [2.75, 3.05) is 0 Å². The van der Waals surface area contributed by atoms with Crippen molar-refractivity contribution < 1.29 is 5.11 Å². The minimum absolute atomic E-state index is 0.398. The first-order chi connectivity index (χ1) is 8.25. The van der Waals surface area contributed by atoms with Gasteiger partial charge in [0.15, 0.2) is 0 Å². The molecule has 17 heavy (non-hydrogen) atoms. The van der Waals surface area contributed by atoms with Crippen LogP contribution < -0.4 is 0 Å². The summed E-state index contributed by atoms with van der Waals surface area (Å²) in [5.74, 6) is 0.870. The van der Waals surface area contributed by atoms with E-state index in [0.29, 0.717) is 0 Å². The number of aromatic nitrogens is 1. The van der Waals surface area contributed by atoms with Crippen LogP contribution in [0.3, 0.4) is 0 Å². The number of hydrogen-bond donors (Lipinski definition) is 1. The average Bonchev–Trinajstić information content (AvgIpc) is 2.38. The van der Waals surface area contributed by atoms with Gasteiger partial charge in [0.2, 0.25) is 0 Å². The monoisotopic (exact) mass is 245 g/mol. The van der Waals surface area contributed by atoms with Crippen LogP contribution in [0.2, 0.25) is 0 Å². The summed E-state index contributed by atoms with van der Waals surface area (Å²) in [6.07, 6.45) is 1.41. The molecule has 1 aromatic heterocycles. The maximum atomic E-state index is 9.41. The van der Waals surface area contributed by atoms with Gasteiger partial charge in [0.1, 0.15) is 0 Å². The van der Waals surface area contributed by atoms with Gasteiger partial charge in [0, 0.05) is 16.8 Å². The Hall–Kier alpha value is -1.32. The van der Waals surface area contributed by atoms with Crippen molar-refractivity contribution in [3.05, 3.63) is 59.9 Å². The van der Waals surface area contributed by atoms with Crippen LogP contribution in [0.25, 0.3) is 0 Å². The van der Waals surface area contributed by atoms with Crippen molar-refractivity contribution in [2.24, 2.45) is 0 Å². The van der Waals surface area contributed by atoms with Crippen molar-refractivity contribution in [3.63, 3.8) is 0 Å². The fraction of sp³-hybridized carbons (Fsp3) is 0.214. The summed E-state index contributed by atoms with van der Waals surface area (Å²) in [6.45, 7) is 1.77. The molecule has 3 heteroatoms. The SMILES string of the molecule is CC(O)c1ccc(SCc2ccccn2)cc1. The normalized spacial score (nSPS) is 12.4. The second-order valence-electron chi connectivity index (χ2n) is 3.85. The Morgan fingerprint density at radius 1 is 1.18 bits per heavy atom. The van der Waals surface area contributed by atoms with E-state index in [1.807, 2.05) is 48.7 Å². The number of aliphatic hydroxyl groups excluding tert-OH is 1.